The second-order valence-corrected chi connectivity index (χ2v) is 6.60. The third-order valence-electron chi connectivity index (χ3n) is 4.47. The molecule has 3 atom stereocenters. The molecule has 0 saturated carbocycles. The predicted octanol–water partition coefficient (Wildman–Crippen LogP) is 3.20. The second-order valence-electron chi connectivity index (χ2n) is 6.16. The number of nitrogens with one attached hydrogen (secondary N) is 3. The Morgan fingerprint density at radius 3 is 2.67 bits per heavy atom. The van der Waals surface area contributed by atoms with Gasteiger partial charge >= 0.3 is 6.03 Å². The molecule has 2 aliphatic heterocycles. The first-order valence-electron chi connectivity index (χ1n) is 7.79. The second kappa shape index (κ2) is 5.49. The number of amides is 2. The van der Waals surface area contributed by atoms with Crippen molar-refractivity contribution in [2.24, 2.45) is 5.92 Å². The van der Waals surface area contributed by atoms with Gasteiger partial charge in [0.1, 0.15) is 5.75 Å². The van der Waals surface area contributed by atoms with Gasteiger partial charge in [-0.15, -0.1) is 0 Å². The number of anilines is 1. The number of hydrogen-bond donors (Lipinski definition) is 3. The number of rotatable bonds is 2. The van der Waals surface area contributed by atoms with Gasteiger partial charge in [-0.1, -0.05) is 48.6 Å². The molecule has 2 amide bonds. The zero-order valence-electron chi connectivity index (χ0n) is 13.1. The Kier molecular flexibility index (Phi) is 3.42. The minimum Gasteiger partial charge on any atom is -0.467 e. The maximum atomic E-state index is 12.1. The zero-order chi connectivity index (χ0) is 16.7. The van der Waals surface area contributed by atoms with Gasteiger partial charge < -0.3 is 15.4 Å². The molecule has 122 valence electrons. The number of urea groups is 1. The summed E-state index contributed by atoms with van der Waals surface area (Å²) in [6, 6.07) is 17.0. The normalized spacial score (nSPS) is 27.1. The van der Waals surface area contributed by atoms with E-state index in [4.69, 9.17) is 17.0 Å². The number of ether oxygens (including phenoxy) is 1. The number of carbonyl (C=O) groups excluding carboxylic acids is 1. The van der Waals surface area contributed by atoms with Crippen LogP contribution in [0.2, 0.25) is 0 Å². The maximum absolute atomic E-state index is 12.1. The van der Waals surface area contributed by atoms with E-state index in [0.717, 1.165) is 17.0 Å². The molecule has 3 N–H and O–H groups in total. The van der Waals surface area contributed by atoms with Gasteiger partial charge in [0.25, 0.3) is 0 Å². The van der Waals surface area contributed by atoms with E-state index in [9.17, 15) is 4.79 Å². The molecule has 6 heteroatoms. The van der Waals surface area contributed by atoms with E-state index in [1.54, 1.807) is 0 Å². The van der Waals surface area contributed by atoms with Crippen LogP contribution in [0.15, 0.2) is 54.6 Å². The van der Waals surface area contributed by atoms with Crippen molar-refractivity contribution in [1.29, 1.82) is 0 Å². The largest absolute Gasteiger partial charge is 0.467 e. The molecule has 5 nitrogen and oxygen atoms in total. The minimum absolute atomic E-state index is 0.236. The lowest BCUT2D eigenvalue weighted by atomic mass is 9.80. The van der Waals surface area contributed by atoms with Crippen molar-refractivity contribution in [3.8, 4) is 5.75 Å². The third-order valence-corrected chi connectivity index (χ3v) is 4.83. The molecular formula is C18H17N3O2S. The SMILES string of the molecule is C[C@@]12NC(=O)N[C@H](c3ccccc3O1)[C@H]2C(=S)Nc1ccccc1. The van der Waals surface area contributed by atoms with Gasteiger partial charge in [0.05, 0.1) is 16.9 Å². The first-order chi connectivity index (χ1) is 11.6. The Balaban J connectivity index is 1.72. The fourth-order valence-corrected chi connectivity index (χ4v) is 3.91. The van der Waals surface area contributed by atoms with Crippen molar-refractivity contribution in [1.82, 2.24) is 10.6 Å². The first kappa shape index (κ1) is 15.0. The van der Waals surface area contributed by atoms with E-state index >= 15 is 0 Å². The van der Waals surface area contributed by atoms with Crippen molar-refractivity contribution in [3.63, 3.8) is 0 Å². The highest BCUT2D eigenvalue weighted by Crippen LogP contribution is 2.45. The topological polar surface area (TPSA) is 62.4 Å². The van der Waals surface area contributed by atoms with Crippen molar-refractivity contribution in [3.05, 3.63) is 60.2 Å². The molecule has 4 rings (SSSR count). The van der Waals surface area contributed by atoms with Gasteiger partial charge in [0, 0.05) is 11.3 Å². The molecule has 2 heterocycles. The molecule has 0 radical (unpaired) electrons. The molecule has 2 aliphatic rings. The highest BCUT2D eigenvalue weighted by atomic mass is 32.1. The highest BCUT2D eigenvalue weighted by Gasteiger charge is 2.53. The first-order valence-corrected chi connectivity index (χ1v) is 8.20. The van der Waals surface area contributed by atoms with Gasteiger partial charge in [-0.05, 0) is 25.1 Å². The molecule has 1 saturated heterocycles. The van der Waals surface area contributed by atoms with Crippen LogP contribution in [0.5, 0.6) is 5.75 Å². The quantitative estimate of drug-likeness (QED) is 0.735. The fourth-order valence-electron chi connectivity index (χ4n) is 3.43. The van der Waals surface area contributed by atoms with Crippen LogP contribution in [-0.2, 0) is 0 Å². The van der Waals surface area contributed by atoms with Crippen molar-refractivity contribution < 1.29 is 9.53 Å². The molecule has 0 aromatic heterocycles. The van der Waals surface area contributed by atoms with E-state index in [1.807, 2.05) is 61.5 Å². The van der Waals surface area contributed by atoms with Crippen LogP contribution in [0.1, 0.15) is 18.5 Å². The lowest BCUT2D eigenvalue weighted by molar-refractivity contribution is -0.0157. The lowest BCUT2D eigenvalue weighted by Crippen LogP contribution is -2.70. The monoisotopic (exact) mass is 339 g/mol. The highest BCUT2D eigenvalue weighted by molar-refractivity contribution is 7.80. The molecule has 0 spiro atoms. The molecular weight excluding hydrogens is 322 g/mol. The summed E-state index contributed by atoms with van der Waals surface area (Å²) in [6.07, 6.45) is 0. The summed E-state index contributed by atoms with van der Waals surface area (Å²) in [4.78, 5) is 12.7. The molecule has 2 aromatic rings. The van der Waals surface area contributed by atoms with Crippen LogP contribution in [0.3, 0.4) is 0 Å². The van der Waals surface area contributed by atoms with Gasteiger partial charge in [-0.3, -0.25) is 5.32 Å². The summed E-state index contributed by atoms with van der Waals surface area (Å²) in [5.74, 6) is 0.525. The van der Waals surface area contributed by atoms with E-state index in [0.29, 0.717) is 4.99 Å². The summed E-state index contributed by atoms with van der Waals surface area (Å²) in [5.41, 5.74) is 0.946. The Bertz CT molecular complexity index is 811. The number of para-hydroxylation sites is 2. The Morgan fingerprint density at radius 1 is 1.17 bits per heavy atom. The summed E-state index contributed by atoms with van der Waals surface area (Å²) in [7, 11) is 0. The molecule has 1 fully saturated rings. The Morgan fingerprint density at radius 2 is 1.88 bits per heavy atom. The van der Waals surface area contributed by atoms with Crippen molar-refractivity contribution in [2.75, 3.05) is 5.32 Å². The zero-order valence-corrected chi connectivity index (χ0v) is 13.9. The van der Waals surface area contributed by atoms with Gasteiger partial charge in [0.2, 0.25) is 0 Å². The van der Waals surface area contributed by atoms with E-state index in [1.165, 1.54) is 0 Å². The maximum Gasteiger partial charge on any atom is 0.318 e. The van der Waals surface area contributed by atoms with Crippen LogP contribution >= 0.6 is 12.2 Å². The Hall–Kier alpha value is -2.60. The summed E-state index contributed by atoms with van der Waals surface area (Å²) in [5, 5.41) is 9.14. The van der Waals surface area contributed by atoms with Gasteiger partial charge in [0.15, 0.2) is 5.72 Å². The molecule has 2 bridgehead atoms. The average molecular weight is 339 g/mol. The van der Waals surface area contributed by atoms with Crippen molar-refractivity contribution in [2.45, 2.75) is 18.7 Å². The number of fused-ring (bicyclic) bond motifs is 4. The van der Waals surface area contributed by atoms with Gasteiger partial charge in [-0.25, -0.2) is 4.79 Å². The van der Waals surface area contributed by atoms with E-state index < -0.39 is 5.72 Å². The van der Waals surface area contributed by atoms with Crippen molar-refractivity contribution >= 4 is 28.9 Å². The average Bonchev–Trinajstić information content (AvgIpc) is 2.54. The van der Waals surface area contributed by atoms with Crippen LogP contribution < -0.4 is 20.7 Å². The predicted molar refractivity (Wildman–Crippen MR) is 96.0 cm³/mol. The number of carbonyl (C=O) groups is 1. The minimum atomic E-state index is -0.903. The van der Waals surface area contributed by atoms with Crippen LogP contribution in [-0.4, -0.2) is 16.7 Å². The van der Waals surface area contributed by atoms with Crippen LogP contribution in [0, 0.1) is 5.92 Å². The summed E-state index contributed by atoms with van der Waals surface area (Å²) in [6.45, 7) is 1.86. The third kappa shape index (κ3) is 2.39. The standard InChI is InChI=1S/C18H17N3O2S/c1-18-14(16(24)19-11-7-3-2-4-8-11)15(20-17(22)21-18)12-9-5-6-10-13(12)23-18/h2-10,14-15H,1H3,(H,19,24)(H2,20,21,22)/t14-,15+,18+/m0/s1. The van der Waals surface area contributed by atoms with E-state index in [-0.39, 0.29) is 18.0 Å². The van der Waals surface area contributed by atoms with Gasteiger partial charge in [-0.2, -0.15) is 0 Å². The molecule has 0 unspecified atom stereocenters. The smallest absolute Gasteiger partial charge is 0.318 e. The molecule has 24 heavy (non-hydrogen) atoms. The summed E-state index contributed by atoms with van der Waals surface area (Å²) >= 11 is 5.67. The Labute approximate surface area is 145 Å². The van der Waals surface area contributed by atoms with E-state index in [2.05, 4.69) is 16.0 Å². The fraction of sp³-hybridized carbons (Fsp3) is 0.222. The molecule has 0 aliphatic carbocycles. The number of benzene rings is 2. The number of thiocarbonyl (C=S) groups is 1. The van der Waals surface area contributed by atoms with Crippen LogP contribution in [0.25, 0.3) is 0 Å². The van der Waals surface area contributed by atoms with Crippen LogP contribution in [0.4, 0.5) is 10.5 Å². The molecule has 2 aromatic carbocycles. The number of hydrogen-bond acceptors (Lipinski definition) is 3. The lowest BCUT2D eigenvalue weighted by Gasteiger charge is -2.50. The summed E-state index contributed by atoms with van der Waals surface area (Å²) < 4.78 is 6.13.